The maximum Gasteiger partial charge on any atom is 0.262 e. The van der Waals surface area contributed by atoms with Crippen molar-refractivity contribution in [2.45, 2.75) is 24.9 Å². The molecule has 0 atom stereocenters. The van der Waals surface area contributed by atoms with Gasteiger partial charge in [0.1, 0.15) is 0 Å². The molecule has 1 rings (SSSR count). The van der Waals surface area contributed by atoms with E-state index in [1.54, 1.807) is 13.8 Å². The van der Waals surface area contributed by atoms with Crippen LogP contribution in [0.25, 0.3) is 0 Å². The van der Waals surface area contributed by atoms with Crippen molar-refractivity contribution < 1.29 is 13.6 Å². The molecule has 0 fully saturated rings. The second kappa shape index (κ2) is 5.76. The Balaban J connectivity index is 3.29. The molecule has 0 aliphatic heterocycles. The molecule has 0 aliphatic carbocycles. The van der Waals surface area contributed by atoms with Gasteiger partial charge in [0, 0.05) is 13.1 Å². The molecule has 19 heavy (non-hydrogen) atoms. The van der Waals surface area contributed by atoms with Gasteiger partial charge in [-0.15, -0.1) is 0 Å². The van der Waals surface area contributed by atoms with Crippen LogP contribution in [-0.4, -0.2) is 46.1 Å². The van der Waals surface area contributed by atoms with E-state index in [1.165, 1.54) is 17.9 Å². The van der Waals surface area contributed by atoms with Crippen molar-refractivity contribution in [1.29, 1.82) is 0 Å². The van der Waals surface area contributed by atoms with Gasteiger partial charge in [0.2, 0.25) is 0 Å². The van der Waals surface area contributed by atoms with Crippen molar-refractivity contribution in [2.24, 2.45) is 17.9 Å². The lowest BCUT2D eigenvalue weighted by atomic mass is 10.4. The van der Waals surface area contributed by atoms with Crippen LogP contribution in [0.4, 0.5) is 0 Å². The van der Waals surface area contributed by atoms with E-state index in [1.807, 2.05) is 0 Å². The molecular formula is C9H16ClN5O3S. The fourth-order valence-corrected chi connectivity index (χ4v) is 3.76. The Kier molecular flexibility index (Phi) is 4.77. The minimum atomic E-state index is -3.89. The van der Waals surface area contributed by atoms with E-state index in [0.29, 0.717) is 0 Å². The van der Waals surface area contributed by atoms with Gasteiger partial charge in [-0.2, -0.15) is 9.40 Å². The SMILES string of the molecule is CC(C)N(CC(N)=NO)S(=O)(=O)c1c(Cl)cnn1C. The molecule has 1 aromatic rings. The summed E-state index contributed by atoms with van der Waals surface area (Å²) in [6.07, 6.45) is 1.25. The smallest absolute Gasteiger partial charge is 0.262 e. The number of aryl methyl sites for hydroxylation is 1. The number of sulfonamides is 1. The molecule has 0 unspecified atom stereocenters. The Hall–Kier alpha value is -1.32. The summed E-state index contributed by atoms with van der Waals surface area (Å²) < 4.78 is 27.3. The highest BCUT2D eigenvalue weighted by Crippen LogP contribution is 2.24. The molecular weight excluding hydrogens is 294 g/mol. The minimum absolute atomic E-state index is 0.0210. The first kappa shape index (κ1) is 15.7. The molecule has 0 amide bonds. The summed E-state index contributed by atoms with van der Waals surface area (Å²) in [4.78, 5) is 0. The molecule has 0 aromatic carbocycles. The highest BCUT2D eigenvalue weighted by molar-refractivity contribution is 7.89. The van der Waals surface area contributed by atoms with Crippen LogP contribution in [0.5, 0.6) is 0 Å². The monoisotopic (exact) mass is 309 g/mol. The zero-order chi connectivity index (χ0) is 14.8. The molecule has 0 saturated carbocycles. The summed E-state index contributed by atoms with van der Waals surface area (Å²) in [6, 6.07) is -0.392. The van der Waals surface area contributed by atoms with Crippen LogP contribution in [-0.2, 0) is 17.1 Å². The summed E-state index contributed by atoms with van der Waals surface area (Å²) in [6.45, 7) is 3.11. The van der Waals surface area contributed by atoms with E-state index in [2.05, 4.69) is 10.3 Å². The molecule has 0 bridgehead atoms. The van der Waals surface area contributed by atoms with Crippen LogP contribution >= 0.6 is 11.6 Å². The van der Waals surface area contributed by atoms with Crippen molar-refractivity contribution in [3.8, 4) is 0 Å². The number of halogens is 1. The molecule has 0 aliphatic rings. The topological polar surface area (TPSA) is 114 Å². The Morgan fingerprint density at radius 2 is 2.26 bits per heavy atom. The fraction of sp³-hybridized carbons (Fsp3) is 0.556. The lowest BCUT2D eigenvalue weighted by Gasteiger charge is -2.25. The maximum atomic E-state index is 12.5. The third-order valence-corrected chi connectivity index (χ3v) is 4.95. The summed E-state index contributed by atoms with van der Waals surface area (Å²) in [7, 11) is -2.42. The third-order valence-electron chi connectivity index (χ3n) is 2.42. The Labute approximate surface area is 116 Å². The first-order valence-corrected chi connectivity index (χ1v) is 7.19. The number of hydrogen-bond acceptors (Lipinski definition) is 5. The molecule has 1 heterocycles. The van der Waals surface area contributed by atoms with Gasteiger partial charge in [-0.05, 0) is 13.8 Å². The Morgan fingerprint density at radius 1 is 1.68 bits per heavy atom. The van der Waals surface area contributed by atoms with Gasteiger partial charge in [0.05, 0.1) is 17.8 Å². The highest BCUT2D eigenvalue weighted by atomic mass is 35.5. The first-order valence-electron chi connectivity index (χ1n) is 5.37. The van der Waals surface area contributed by atoms with Gasteiger partial charge >= 0.3 is 0 Å². The predicted molar refractivity (Wildman–Crippen MR) is 70.7 cm³/mol. The lowest BCUT2D eigenvalue weighted by molar-refractivity contribution is 0.312. The van der Waals surface area contributed by atoms with E-state index >= 15 is 0 Å². The zero-order valence-electron chi connectivity index (χ0n) is 10.8. The van der Waals surface area contributed by atoms with Crippen molar-refractivity contribution in [3.05, 3.63) is 11.2 Å². The lowest BCUT2D eigenvalue weighted by Crippen LogP contribution is -2.43. The molecule has 1 aromatic heterocycles. The van der Waals surface area contributed by atoms with Crippen molar-refractivity contribution in [3.63, 3.8) is 0 Å². The van der Waals surface area contributed by atoms with Crippen molar-refractivity contribution >= 4 is 27.5 Å². The maximum absolute atomic E-state index is 12.5. The second-order valence-electron chi connectivity index (χ2n) is 4.16. The van der Waals surface area contributed by atoms with Gasteiger partial charge in [-0.3, -0.25) is 4.68 Å². The van der Waals surface area contributed by atoms with Gasteiger partial charge in [-0.25, -0.2) is 8.42 Å². The van der Waals surface area contributed by atoms with E-state index in [4.69, 9.17) is 22.5 Å². The Morgan fingerprint density at radius 3 is 2.63 bits per heavy atom. The normalized spacial score (nSPS) is 13.5. The molecule has 108 valence electrons. The second-order valence-corrected chi connectivity index (χ2v) is 6.37. The molecule has 0 radical (unpaired) electrons. The first-order chi connectivity index (χ1) is 8.71. The quantitative estimate of drug-likeness (QED) is 0.349. The van der Waals surface area contributed by atoms with Gasteiger partial charge in [0.25, 0.3) is 10.0 Å². The van der Waals surface area contributed by atoms with E-state index in [0.717, 1.165) is 4.31 Å². The van der Waals surface area contributed by atoms with E-state index in [-0.39, 0.29) is 22.4 Å². The Bertz CT molecular complexity index is 561. The molecule has 0 saturated heterocycles. The van der Waals surface area contributed by atoms with Crippen molar-refractivity contribution in [2.75, 3.05) is 6.54 Å². The average Bonchev–Trinajstić information content (AvgIpc) is 2.65. The number of hydrogen-bond donors (Lipinski definition) is 2. The standard InChI is InChI=1S/C9H16ClN5O3S/c1-6(2)15(5-8(11)13-16)19(17,18)9-7(10)4-12-14(9)3/h4,6,16H,5H2,1-3H3,(H2,11,13). The van der Waals surface area contributed by atoms with E-state index in [9.17, 15) is 8.42 Å². The van der Waals surface area contributed by atoms with Crippen LogP contribution in [0.15, 0.2) is 16.4 Å². The molecule has 0 spiro atoms. The summed E-state index contributed by atoms with van der Waals surface area (Å²) in [5, 5.41) is 15.0. The van der Waals surface area contributed by atoms with Crippen LogP contribution in [0, 0.1) is 0 Å². The summed E-state index contributed by atoms with van der Waals surface area (Å²) in [5.41, 5.74) is 5.38. The van der Waals surface area contributed by atoms with Crippen molar-refractivity contribution in [1.82, 2.24) is 14.1 Å². The number of nitrogens with zero attached hydrogens (tertiary/aromatic N) is 4. The molecule has 3 N–H and O–H groups in total. The van der Waals surface area contributed by atoms with Gasteiger partial charge in [-0.1, -0.05) is 16.8 Å². The third kappa shape index (κ3) is 3.17. The minimum Gasteiger partial charge on any atom is -0.409 e. The van der Waals surface area contributed by atoms with E-state index < -0.39 is 16.1 Å². The zero-order valence-corrected chi connectivity index (χ0v) is 12.4. The summed E-state index contributed by atoms with van der Waals surface area (Å²) in [5.74, 6) is -0.212. The summed E-state index contributed by atoms with van der Waals surface area (Å²) >= 11 is 5.85. The largest absolute Gasteiger partial charge is 0.409 e. The number of amidine groups is 1. The van der Waals surface area contributed by atoms with Crippen LogP contribution < -0.4 is 5.73 Å². The number of nitrogens with two attached hydrogens (primary N) is 1. The number of rotatable bonds is 5. The fourth-order valence-electron chi connectivity index (χ4n) is 1.54. The van der Waals surface area contributed by atoms with Crippen LogP contribution in [0.3, 0.4) is 0 Å². The van der Waals surface area contributed by atoms with Crippen LogP contribution in [0.2, 0.25) is 5.02 Å². The van der Waals surface area contributed by atoms with Gasteiger partial charge in [0.15, 0.2) is 10.9 Å². The highest BCUT2D eigenvalue weighted by Gasteiger charge is 2.32. The van der Waals surface area contributed by atoms with Gasteiger partial charge < -0.3 is 10.9 Å². The van der Waals surface area contributed by atoms with Crippen LogP contribution in [0.1, 0.15) is 13.8 Å². The number of oxime groups is 1. The average molecular weight is 310 g/mol. The number of aromatic nitrogens is 2. The molecule has 8 nitrogen and oxygen atoms in total. The predicted octanol–water partition coefficient (Wildman–Crippen LogP) is 0.219. The molecule has 10 heteroatoms.